The van der Waals surface area contributed by atoms with Gasteiger partial charge in [-0.15, -0.1) is 0 Å². The highest BCUT2D eigenvalue weighted by atomic mass is 16.5. The largest absolute Gasteiger partial charge is 0.370 e. The van der Waals surface area contributed by atoms with Crippen molar-refractivity contribution in [2.75, 3.05) is 26.3 Å². The van der Waals surface area contributed by atoms with Gasteiger partial charge < -0.3 is 15.8 Å². The molecule has 0 aliphatic heterocycles. The minimum absolute atomic E-state index is 0.0893. The number of hydrogen-bond donors (Lipinski definition) is 2. The van der Waals surface area contributed by atoms with Crippen LogP contribution in [-0.2, 0) is 16.0 Å². The van der Waals surface area contributed by atoms with Crippen molar-refractivity contribution in [1.82, 2.24) is 5.32 Å². The molecule has 1 rings (SSSR count). The number of nitrogens with two attached hydrogens (primary N) is 1. The first-order valence-electron chi connectivity index (χ1n) is 5.41. The highest BCUT2D eigenvalue weighted by molar-refractivity contribution is 5.77. The third-order valence-corrected chi connectivity index (χ3v) is 2.07. The molecule has 0 radical (unpaired) electrons. The molecule has 0 spiro atoms. The Balaban J connectivity index is 2.09. The average Bonchev–Trinajstić information content (AvgIpc) is 2.31. The van der Waals surface area contributed by atoms with Crippen LogP contribution in [0.5, 0.6) is 0 Å². The molecule has 0 bridgehead atoms. The summed E-state index contributed by atoms with van der Waals surface area (Å²) in [5, 5.41) is 2.79. The van der Waals surface area contributed by atoms with Crippen LogP contribution in [0.25, 0.3) is 0 Å². The minimum atomic E-state index is -0.0932. The lowest BCUT2D eigenvalue weighted by Crippen LogP contribution is -2.30. The molecular formula is C12H18N2O2. The monoisotopic (exact) mass is 222 g/mol. The molecule has 88 valence electrons. The molecule has 1 aromatic rings. The summed E-state index contributed by atoms with van der Waals surface area (Å²) in [6, 6.07) is 10.0. The van der Waals surface area contributed by atoms with Gasteiger partial charge >= 0.3 is 0 Å². The Morgan fingerprint density at radius 2 is 2.06 bits per heavy atom. The Morgan fingerprint density at radius 1 is 1.31 bits per heavy atom. The number of nitrogens with one attached hydrogen (secondary N) is 1. The van der Waals surface area contributed by atoms with E-state index in [1.807, 2.05) is 30.3 Å². The van der Waals surface area contributed by atoms with Crippen molar-refractivity contribution in [2.24, 2.45) is 5.73 Å². The first kappa shape index (κ1) is 12.7. The van der Waals surface area contributed by atoms with Gasteiger partial charge in [-0.3, -0.25) is 4.79 Å². The number of amides is 1. The van der Waals surface area contributed by atoms with Crippen molar-refractivity contribution in [3.63, 3.8) is 0 Å². The van der Waals surface area contributed by atoms with Crippen LogP contribution in [0.1, 0.15) is 5.56 Å². The van der Waals surface area contributed by atoms with Gasteiger partial charge in [0.2, 0.25) is 5.91 Å². The van der Waals surface area contributed by atoms with Gasteiger partial charge in [-0.2, -0.15) is 0 Å². The molecule has 0 aromatic heterocycles. The Kier molecular flexibility index (Phi) is 6.22. The van der Waals surface area contributed by atoms with E-state index in [1.54, 1.807) is 0 Å². The van der Waals surface area contributed by atoms with Crippen LogP contribution in [0.15, 0.2) is 30.3 Å². The highest BCUT2D eigenvalue weighted by Crippen LogP contribution is 1.97. The summed E-state index contributed by atoms with van der Waals surface area (Å²) in [6.07, 6.45) is 0.837. The van der Waals surface area contributed by atoms with Gasteiger partial charge in [0.15, 0.2) is 0 Å². The second-order valence-corrected chi connectivity index (χ2v) is 3.43. The number of benzene rings is 1. The molecule has 1 aromatic carbocycles. The van der Waals surface area contributed by atoms with Crippen molar-refractivity contribution < 1.29 is 9.53 Å². The van der Waals surface area contributed by atoms with Crippen LogP contribution in [-0.4, -0.2) is 32.2 Å². The van der Waals surface area contributed by atoms with E-state index in [9.17, 15) is 4.79 Å². The number of carbonyl (C=O) groups excluding carboxylic acids is 1. The van der Waals surface area contributed by atoms with Gasteiger partial charge in [-0.1, -0.05) is 30.3 Å². The molecule has 3 N–H and O–H groups in total. The lowest BCUT2D eigenvalue weighted by atomic mass is 10.1. The minimum Gasteiger partial charge on any atom is -0.370 e. The van der Waals surface area contributed by atoms with Gasteiger partial charge in [0.1, 0.15) is 6.61 Å². The lowest BCUT2D eigenvalue weighted by Gasteiger charge is -2.05. The Bertz CT molecular complexity index is 301. The molecule has 0 aliphatic rings. The van der Waals surface area contributed by atoms with E-state index in [-0.39, 0.29) is 12.5 Å². The number of carbonyl (C=O) groups is 1. The van der Waals surface area contributed by atoms with Crippen LogP contribution in [0.4, 0.5) is 0 Å². The maximum atomic E-state index is 11.2. The molecule has 0 saturated carbocycles. The summed E-state index contributed by atoms with van der Waals surface area (Å²) >= 11 is 0. The summed E-state index contributed by atoms with van der Waals surface area (Å²) < 4.78 is 5.01. The Hall–Kier alpha value is -1.39. The molecule has 16 heavy (non-hydrogen) atoms. The number of rotatable bonds is 7. The van der Waals surface area contributed by atoms with Crippen LogP contribution in [0, 0.1) is 0 Å². The van der Waals surface area contributed by atoms with E-state index in [1.165, 1.54) is 5.56 Å². The third-order valence-electron chi connectivity index (χ3n) is 2.07. The standard InChI is InChI=1S/C12H18N2O2/c13-7-9-16-10-12(15)14-8-6-11-4-2-1-3-5-11/h1-5H,6-10,13H2,(H,14,15). The SMILES string of the molecule is NCCOCC(=O)NCCc1ccccc1. The Morgan fingerprint density at radius 3 is 2.75 bits per heavy atom. The van der Waals surface area contributed by atoms with E-state index in [0.29, 0.717) is 19.7 Å². The smallest absolute Gasteiger partial charge is 0.246 e. The van der Waals surface area contributed by atoms with E-state index < -0.39 is 0 Å². The molecule has 0 atom stereocenters. The fourth-order valence-electron chi connectivity index (χ4n) is 1.29. The van der Waals surface area contributed by atoms with Gasteiger partial charge in [0.05, 0.1) is 6.61 Å². The summed E-state index contributed by atoms with van der Waals surface area (Å²) in [4.78, 5) is 11.2. The summed E-state index contributed by atoms with van der Waals surface area (Å²) in [6.45, 7) is 1.59. The first-order valence-corrected chi connectivity index (χ1v) is 5.41. The van der Waals surface area contributed by atoms with Crippen molar-refractivity contribution in [3.05, 3.63) is 35.9 Å². The molecule has 4 nitrogen and oxygen atoms in total. The van der Waals surface area contributed by atoms with Crippen molar-refractivity contribution in [2.45, 2.75) is 6.42 Å². The zero-order chi connectivity index (χ0) is 11.6. The number of ether oxygens (including phenoxy) is 1. The normalized spacial score (nSPS) is 10.1. The van der Waals surface area contributed by atoms with E-state index >= 15 is 0 Å². The second-order valence-electron chi connectivity index (χ2n) is 3.43. The van der Waals surface area contributed by atoms with E-state index in [4.69, 9.17) is 10.5 Å². The zero-order valence-electron chi connectivity index (χ0n) is 9.32. The van der Waals surface area contributed by atoms with Crippen LogP contribution in [0.3, 0.4) is 0 Å². The second kappa shape index (κ2) is 7.84. The predicted octanol–water partition coefficient (Wildman–Crippen LogP) is 0.321. The predicted molar refractivity (Wildman–Crippen MR) is 63.0 cm³/mol. The summed E-state index contributed by atoms with van der Waals surface area (Å²) in [5.41, 5.74) is 6.45. The van der Waals surface area contributed by atoms with Crippen LogP contribution < -0.4 is 11.1 Å². The molecular weight excluding hydrogens is 204 g/mol. The lowest BCUT2D eigenvalue weighted by molar-refractivity contribution is -0.125. The molecule has 0 saturated heterocycles. The molecule has 0 fully saturated rings. The van der Waals surface area contributed by atoms with Crippen molar-refractivity contribution in [3.8, 4) is 0 Å². The van der Waals surface area contributed by atoms with E-state index in [0.717, 1.165) is 6.42 Å². The first-order chi connectivity index (χ1) is 7.83. The number of hydrogen-bond acceptors (Lipinski definition) is 3. The van der Waals surface area contributed by atoms with Crippen molar-refractivity contribution >= 4 is 5.91 Å². The maximum Gasteiger partial charge on any atom is 0.246 e. The summed E-state index contributed by atoms with van der Waals surface area (Å²) in [7, 11) is 0. The summed E-state index contributed by atoms with van der Waals surface area (Å²) in [5.74, 6) is -0.0932. The Labute approximate surface area is 95.8 Å². The van der Waals surface area contributed by atoms with Gasteiger partial charge in [-0.05, 0) is 12.0 Å². The molecule has 0 unspecified atom stereocenters. The maximum absolute atomic E-state index is 11.2. The van der Waals surface area contributed by atoms with E-state index in [2.05, 4.69) is 5.32 Å². The third kappa shape index (κ3) is 5.48. The fourth-order valence-corrected chi connectivity index (χ4v) is 1.29. The molecule has 1 amide bonds. The molecule has 0 heterocycles. The topological polar surface area (TPSA) is 64.3 Å². The molecule has 0 aliphatic carbocycles. The fraction of sp³-hybridized carbons (Fsp3) is 0.417. The van der Waals surface area contributed by atoms with Crippen molar-refractivity contribution in [1.29, 1.82) is 0 Å². The van der Waals surface area contributed by atoms with Crippen LogP contribution >= 0.6 is 0 Å². The van der Waals surface area contributed by atoms with Gasteiger partial charge in [0.25, 0.3) is 0 Å². The van der Waals surface area contributed by atoms with Crippen LogP contribution in [0.2, 0.25) is 0 Å². The van der Waals surface area contributed by atoms with Gasteiger partial charge in [-0.25, -0.2) is 0 Å². The van der Waals surface area contributed by atoms with Gasteiger partial charge in [0, 0.05) is 13.1 Å². The average molecular weight is 222 g/mol. The highest BCUT2D eigenvalue weighted by Gasteiger charge is 1.99. The molecule has 4 heteroatoms. The zero-order valence-corrected chi connectivity index (χ0v) is 9.32. The quantitative estimate of drug-likeness (QED) is 0.653.